The van der Waals surface area contributed by atoms with Crippen molar-refractivity contribution in [3.05, 3.63) is 57.6 Å². The smallest absolute Gasteiger partial charge is 0.263 e. The third kappa shape index (κ3) is 3.28. The van der Waals surface area contributed by atoms with Crippen LogP contribution in [0.2, 0.25) is 4.34 Å². The maximum absolute atomic E-state index is 13.9. The van der Waals surface area contributed by atoms with Gasteiger partial charge in [0.15, 0.2) is 0 Å². The van der Waals surface area contributed by atoms with E-state index in [1.165, 1.54) is 35.7 Å². The first-order chi connectivity index (χ1) is 11.4. The predicted octanol–water partition coefficient (Wildman–Crippen LogP) is 4.21. The second-order valence-corrected chi connectivity index (χ2v) is 8.03. The van der Waals surface area contributed by atoms with Gasteiger partial charge in [0.2, 0.25) is 0 Å². The first-order valence-corrected chi connectivity index (χ1v) is 9.28. The van der Waals surface area contributed by atoms with Crippen LogP contribution in [0, 0.1) is 17.1 Å². The number of nitrogens with one attached hydrogen (secondary N) is 2. The third-order valence-corrected chi connectivity index (χ3v) is 5.62. The summed E-state index contributed by atoms with van der Waals surface area (Å²) in [6.07, 6.45) is 1.31. The number of thiophene rings is 1. The van der Waals surface area contributed by atoms with Crippen LogP contribution in [0.5, 0.6) is 0 Å². The van der Waals surface area contributed by atoms with E-state index >= 15 is 0 Å². The molecule has 3 aromatic rings. The Balaban J connectivity index is 1.89. The molecule has 0 aliphatic heterocycles. The molecule has 0 aliphatic carbocycles. The molecule has 2 heterocycles. The standard InChI is InChI=1S/C15H9ClFN3O2S2/c16-15-4-10(8-23-15)14-5-11(7-19-14)24(21,22)20-13-2-1-9(6-18)3-12(13)17/h1-5,7-8,19-20H. The molecule has 122 valence electrons. The van der Waals surface area contributed by atoms with Crippen molar-refractivity contribution in [3.8, 4) is 17.3 Å². The normalized spacial score (nSPS) is 11.2. The lowest BCUT2D eigenvalue weighted by atomic mass is 10.2. The molecule has 2 aromatic heterocycles. The number of anilines is 1. The number of sulfonamides is 1. The molecule has 0 amide bonds. The van der Waals surface area contributed by atoms with Crippen LogP contribution in [0.4, 0.5) is 10.1 Å². The van der Waals surface area contributed by atoms with E-state index in [2.05, 4.69) is 9.71 Å². The minimum atomic E-state index is -3.97. The van der Waals surface area contributed by atoms with Crippen molar-refractivity contribution in [2.75, 3.05) is 4.72 Å². The number of hydrogen-bond acceptors (Lipinski definition) is 4. The number of halogens is 2. The highest BCUT2D eigenvalue weighted by Crippen LogP contribution is 2.29. The van der Waals surface area contributed by atoms with Crippen LogP contribution in [-0.4, -0.2) is 13.4 Å². The van der Waals surface area contributed by atoms with E-state index in [1.807, 2.05) is 0 Å². The summed E-state index contributed by atoms with van der Waals surface area (Å²) >= 11 is 7.19. The van der Waals surface area contributed by atoms with Crippen LogP contribution in [0.15, 0.2) is 46.8 Å². The molecule has 0 atom stereocenters. The predicted molar refractivity (Wildman–Crippen MR) is 91.0 cm³/mol. The van der Waals surface area contributed by atoms with E-state index in [1.54, 1.807) is 17.5 Å². The van der Waals surface area contributed by atoms with Gasteiger partial charge in [-0.2, -0.15) is 5.26 Å². The second-order valence-electron chi connectivity index (χ2n) is 4.80. The van der Waals surface area contributed by atoms with Gasteiger partial charge in [-0.3, -0.25) is 4.72 Å². The van der Waals surface area contributed by atoms with Crippen LogP contribution >= 0.6 is 22.9 Å². The van der Waals surface area contributed by atoms with Crippen molar-refractivity contribution in [3.63, 3.8) is 0 Å². The molecule has 3 rings (SSSR count). The van der Waals surface area contributed by atoms with Crippen molar-refractivity contribution in [2.45, 2.75) is 4.90 Å². The zero-order valence-corrected chi connectivity index (χ0v) is 14.3. The number of aromatic amines is 1. The van der Waals surface area contributed by atoms with Gasteiger partial charge >= 0.3 is 0 Å². The van der Waals surface area contributed by atoms with Crippen LogP contribution in [0.1, 0.15) is 5.56 Å². The van der Waals surface area contributed by atoms with Crippen molar-refractivity contribution >= 4 is 38.6 Å². The molecule has 0 aliphatic rings. The molecule has 0 radical (unpaired) electrons. The molecule has 2 N–H and O–H groups in total. The minimum absolute atomic E-state index is 0.0383. The lowest BCUT2D eigenvalue weighted by Gasteiger charge is -2.07. The van der Waals surface area contributed by atoms with Gasteiger partial charge in [-0.1, -0.05) is 11.6 Å². The molecule has 0 bridgehead atoms. The molecule has 0 unspecified atom stereocenters. The van der Waals surface area contributed by atoms with Crippen LogP contribution in [-0.2, 0) is 10.0 Å². The summed E-state index contributed by atoms with van der Waals surface area (Å²) in [5.41, 5.74) is 1.22. The Labute approximate surface area is 146 Å². The van der Waals surface area contributed by atoms with Crippen molar-refractivity contribution in [2.24, 2.45) is 0 Å². The number of nitriles is 1. The fourth-order valence-electron chi connectivity index (χ4n) is 2.02. The average Bonchev–Trinajstić information content (AvgIpc) is 3.18. The quantitative estimate of drug-likeness (QED) is 0.709. The van der Waals surface area contributed by atoms with Gasteiger partial charge in [-0.05, 0) is 30.3 Å². The van der Waals surface area contributed by atoms with E-state index in [0.717, 1.165) is 11.6 Å². The molecule has 9 heteroatoms. The minimum Gasteiger partial charge on any atom is -0.360 e. The Morgan fingerprint density at radius 3 is 2.71 bits per heavy atom. The second kappa shape index (κ2) is 6.28. The molecule has 0 saturated heterocycles. The number of H-pyrrole nitrogens is 1. The summed E-state index contributed by atoms with van der Waals surface area (Å²) in [5, 5.41) is 10.5. The number of rotatable bonds is 4. The van der Waals surface area contributed by atoms with Gasteiger partial charge in [0.05, 0.1) is 21.7 Å². The number of hydrogen-bond donors (Lipinski definition) is 2. The highest BCUT2D eigenvalue weighted by molar-refractivity contribution is 7.92. The van der Waals surface area contributed by atoms with Gasteiger partial charge < -0.3 is 4.98 Å². The number of benzene rings is 1. The average molecular weight is 382 g/mol. The van der Waals surface area contributed by atoms with Gasteiger partial charge in [0, 0.05) is 22.8 Å². The zero-order valence-electron chi connectivity index (χ0n) is 11.9. The van der Waals surface area contributed by atoms with Gasteiger partial charge in [-0.25, -0.2) is 12.8 Å². The SMILES string of the molecule is N#Cc1ccc(NS(=O)(=O)c2c[nH]c(-c3csc(Cl)c3)c2)c(F)c1. The number of nitrogens with zero attached hydrogens (tertiary/aromatic N) is 1. The fraction of sp³-hybridized carbons (Fsp3) is 0. The highest BCUT2D eigenvalue weighted by Gasteiger charge is 2.19. The molecule has 0 saturated carbocycles. The summed E-state index contributed by atoms with van der Waals surface area (Å²) in [5.74, 6) is -0.821. The summed E-state index contributed by atoms with van der Waals surface area (Å²) in [6, 6.07) is 8.43. The Hall–Kier alpha value is -2.34. The molecule has 5 nitrogen and oxygen atoms in total. The lowest BCUT2D eigenvalue weighted by molar-refractivity contribution is 0.598. The maximum Gasteiger partial charge on any atom is 0.263 e. The first-order valence-electron chi connectivity index (χ1n) is 6.54. The van der Waals surface area contributed by atoms with Gasteiger partial charge in [-0.15, -0.1) is 11.3 Å². The van der Waals surface area contributed by atoms with Crippen molar-refractivity contribution in [1.82, 2.24) is 4.98 Å². The van der Waals surface area contributed by atoms with Gasteiger partial charge in [0.1, 0.15) is 10.7 Å². The summed E-state index contributed by atoms with van der Waals surface area (Å²) in [4.78, 5) is 2.81. The first kappa shape index (κ1) is 16.5. The largest absolute Gasteiger partial charge is 0.360 e. The Morgan fingerprint density at radius 2 is 2.08 bits per heavy atom. The molecular weight excluding hydrogens is 373 g/mol. The Morgan fingerprint density at radius 1 is 1.29 bits per heavy atom. The molecule has 0 spiro atoms. The topological polar surface area (TPSA) is 85.8 Å². The molecule has 1 aromatic carbocycles. The van der Waals surface area contributed by atoms with Gasteiger partial charge in [0.25, 0.3) is 10.0 Å². The third-order valence-electron chi connectivity index (χ3n) is 3.19. The zero-order chi connectivity index (χ0) is 17.3. The Bertz CT molecular complexity index is 1050. The van der Waals surface area contributed by atoms with Crippen LogP contribution < -0.4 is 4.72 Å². The summed E-state index contributed by atoms with van der Waals surface area (Å²) in [6.45, 7) is 0. The Kier molecular flexibility index (Phi) is 4.32. The van der Waals surface area contributed by atoms with Crippen molar-refractivity contribution in [1.29, 1.82) is 5.26 Å². The van der Waals surface area contributed by atoms with Crippen molar-refractivity contribution < 1.29 is 12.8 Å². The molecule has 0 fully saturated rings. The molecular formula is C15H9ClFN3O2S2. The highest BCUT2D eigenvalue weighted by atomic mass is 35.5. The fourth-order valence-corrected chi connectivity index (χ4v) is 3.96. The maximum atomic E-state index is 13.9. The van der Waals surface area contributed by atoms with Crippen LogP contribution in [0.25, 0.3) is 11.3 Å². The van der Waals surface area contributed by atoms with E-state index in [-0.39, 0.29) is 16.1 Å². The van der Waals surface area contributed by atoms with Crippen LogP contribution in [0.3, 0.4) is 0 Å². The summed E-state index contributed by atoms with van der Waals surface area (Å²) < 4.78 is 41.4. The van der Waals surface area contributed by atoms with E-state index in [4.69, 9.17) is 16.9 Å². The number of aromatic nitrogens is 1. The van der Waals surface area contributed by atoms with E-state index in [9.17, 15) is 12.8 Å². The monoisotopic (exact) mass is 381 g/mol. The lowest BCUT2D eigenvalue weighted by Crippen LogP contribution is -2.13. The molecule has 24 heavy (non-hydrogen) atoms. The van der Waals surface area contributed by atoms with E-state index < -0.39 is 15.8 Å². The van der Waals surface area contributed by atoms with E-state index in [0.29, 0.717) is 10.0 Å². The summed E-state index contributed by atoms with van der Waals surface area (Å²) in [7, 11) is -3.97.